The zero-order valence-corrected chi connectivity index (χ0v) is 13.0. The van der Waals surface area contributed by atoms with Crippen LogP contribution >= 0.6 is 0 Å². The van der Waals surface area contributed by atoms with E-state index in [9.17, 15) is 10.2 Å². The zero-order chi connectivity index (χ0) is 14.9. The fraction of sp³-hybridized carbons (Fsp3) is 0.778. The SMILES string of the molecule is OC1CCCC(C=CCOCC=CC2CCCC(O)C2)C1. The largest absolute Gasteiger partial charge is 0.393 e. The minimum Gasteiger partial charge on any atom is -0.393 e. The molecule has 2 fully saturated rings. The number of allylic oxidation sites excluding steroid dienone is 2. The molecule has 2 aliphatic rings. The maximum Gasteiger partial charge on any atom is 0.0651 e. The third-order valence-corrected chi connectivity index (χ3v) is 4.62. The molecule has 3 heteroatoms. The Bertz CT molecular complexity index is 305. The predicted molar refractivity (Wildman–Crippen MR) is 85.0 cm³/mol. The van der Waals surface area contributed by atoms with E-state index in [0.717, 1.165) is 38.5 Å². The van der Waals surface area contributed by atoms with Crippen molar-refractivity contribution in [1.82, 2.24) is 0 Å². The quantitative estimate of drug-likeness (QED) is 0.584. The lowest BCUT2D eigenvalue weighted by Gasteiger charge is -2.23. The number of hydrogen-bond acceptors (Lipinski definition) is 3. The molecule has 2 saturated carbocycles. The fourth-order valence-electron chi connectivity index (χ4n) is 3.45. The van der Waals surface area contributed by atoms with Gasteiger partial charge in [-0.15, -0.1) is 0 Å². The van der Waals surface area contributed by atoms with Gasteiger partial charge in [0.05, 0.1) is 25.4 Å². The van der Waals surface area contributed by atoms with Crippen LogP contribution in [0.4, 0.5) is 0 Å². The Kier molecular flexibility index (Phi) is 7.48. The summed E-state index contributed by atoms with van der Waals surface area (Å²) in [6, 6.07) is 0. The minimum absolute atomic E-state index is 0.108. The van der Waals surface area contributed by atoms with E-state index in [2.05, 4.69) is 24.3 Å². The van der Waals surface area contributed by atoms with Crippen molar-refractivity contribution in [3.63, 3.8) is 0 Å². The summed E-state index contributed by atoms with van der Waals surface area (Å²) in [5, 5.41) is 19.2. The molecule has 0 aromatic heterocycles. The van der Waals surface area contributed by atoms with Crippen LogP contribution in [0.25, 0.3) is 0 Å². The summed E-state index contributed by atoms with van der Waals surface area (Å²) in [7, 11) is 0. The highest BCUT2D eigenvalue weighted by Crippen LogP contribution is 2.25. The molecule has 0 bridgehead atoms. The van der Waals surface area contributed by atoms with E-state index in [4.69, 9.17) is 4.74 Å². The molecule has 3 nitrogen and oxygen atoms in total. The number of aliphatic hydroxyl groups excluding tert-OH is 2. The van der Waals surface area contributed by atoms with Crippen LogP contribution in [0.1, 0.15) is 51.4 Å². The molecule has 0 aromatic rings. The van der Waals surface area contributed by atoms with Gasteiger partial charge in [-0.1, -0.05) is 37.1 Å². The van der Waals surface area contributed by atoms with Crippen molar-refractivity contribution in [1.29, 1.82) is 0 Å². The van der Waals surface area contributed by atoms with Gasteiger partial charge in [0, 0.05) is 0 Å². The Morgan fingerprint density at radius 1 is 0.762 bits per heavy atom. The lowest BCUT2D eigenvalue weighted by molar-refractivity contribution is 0.113. The van der Waals surface area contributed by atoms with E-state index >= 15 is 0 Å². The smallest absolute Gasteiger partial charge is 0.0651 e. The molecule has 2 aliphatic carbocycles. The van der Waals surface area contributed by atoms with Crippen molar-refractivity contribution in [2.45, 2.75) is 63.6 Å². The molecule has 2 N–H and O–H groups in total. The molecule has 21 heavy (non-hydrogen) atoms. The van der Waals surface area contributed by atoms with E-state index in [1.54, 1.807) is 0 Å². The van der Waals surface area contributed by atoms with Crippen molar-refractivity contribution < 1.29 is 14.9 Å². The van der Waals surface area contributed by atoms with Crippen molar-refractivity contribution in [2.75, 3.05) is 13.2 Å². The summed E-state index contributed by atoms with van der Waals surface area (Å²) in [4.78, 5) is 0. The first kappa shape index (κ1) is 16.7. The average Bonchev–Trinajstić information content (AvgIpc) is 2.46. The molecular weight excluding hydrogens is 264 g/mol. The standard InChI is InChI=1S/C18H30O3/c19-17-9-1-5-15(13-17)7-3-11-21-12-4-8-16-6-2-10-18(20)14-16/h3-4,7-8,15-20H,1-2,5-6,9-14H2. The first-order valence-electron chi connectivity index (χ1n) is 8.51. The molecule has 0 saturated heterocycles. The van der Waals surface area contributed by atoms with Gasteiger partial charge in [0.15, 0.2) is 0 Å². The molecule has 4 atom stereocenters. The van der Waals surface area contributed by atoms with Crippen LogP contribution in [0.3, 0.4) is 0 Å². The fourth-order valence-corrected chi connectivity index (χ4v) is 3.45. The Hall–Kier alpha value is -0.640. The van der Waals surface area contributed by atoms with Gasteiger partial charge in [0.1, 0.15) is 0 Å². The molecule has 4 unspecified atom stereocenters. The van der Waals surface area contributed by atoms with Gasteiger partial charge in [-0.05, 0) is 50.4 Å². The van der Waals surface area contributed by atoms with Crippen LogP contribution < -0.4 is 0 Å². The highest BCUT2D eigenvalue weighted by Gasteiger charge is 2.18. The number of ether oxygens (including phenoxy) is 1. The third-order valence-electron chi connectivity index (χ3n) is 4.62. The number of rotatable bonds is 6. The van der Waals surface area contributed by atoms with Crippen LogP contribution in [0.5, 0.6) is 0 Å². The lowest BCUT2D eigenvalue weighted by atomic mass is 9.87. The molecule has 0 amide bonds. The van der Waals surface area contributed by atoms with E-state index in [0.29, 0.717) is 25.0 Å². The molecule has 0 spiro atoms. The predicted octanol–water partition coefficient (Wildman–Crippen LogP) is 3.22. The van der Waals surface area contributed by atoms with Gasteiger partial charge < -0.3 is 14.9 Å². The van der Waals surface area contributed by atoms with E-state index in [1.165, 1.54) is 12.8 Å². The first-order valence-corrected chi connectivity index (χ1v) is 8.51. The van der Waals surface area contributed by atoms with E-state index in [1.807, 2.05) is 0 Å². The van der Waals surface area contributed by atoms with Crippen molar-refractivity contribution in [3.8, 4) is 0 Å². The van der Waals surface area contributed by atoms with Gasteiger partial charge in [-0.2, -0.15) is 0 Å². The molecule has 0 heterocycles. The van der Waals surface area contributed by atoms with Crippen LogP contribution in [0, 0.1) is 11.8 Å². The van der Waals surface area contributed by atoms with Gasteiger partial charge >= 0.3 is 0 Å². The Balaban J connectivity index is 1.53. The van der Waals surface area contributed by atoms with Gasteiger partial charge in [-0.25, -0.2) is 0 Å². The van der Waals surface area contributed by atoms with Gasteiger partial charge in [0.2, 0.25) is 0 Å². The summed E-state index contributed by atoms with van der Waals surface area (Å²) in [5.41, 5.74) is 0. The summed E-state index contributed by atoms with van der Waals surface area (Å²) in [6.07, 6.45) is 16.7. The Morgan fingerprint density at radius 2 is 1.24 bits per heavy atom. The average molecular weight is 294 g/mol. The third kappa shape index (κ3) is 6.77. The molecule has 0 aliphatic heterocycles. The maximum absolute atomic E-state index is 9.60. The first-order chi connectivity index (χ1) is 10.2. The second-order valence-electron chi connectivity index (χ2n) is 6.55. The summed E-state index contributed by atoms with van der Waals surface area (Å²) >= 11 is 0. The van der Waals surface area contributed by atoms with Crippen LogP contribution in [-0.2, 0) is 4.74 Å². The van der Waals surface area contributed by atoms with Gasteiger partial charge in [-0.3, -0.25) is 0 Å². The zero-order valence-electron chi connectivity index (χ0n) is 13.0. The monoisotopic (exact) mass is 294 g/mol. The van der Waals surface area contributed by atoms with Crippen molar-refractivity contribution in [2.24, 2.45) is 11.8 Å². The Labute approximate surface area is 128 Å². The van der Waals surface area contributed by atoms with Crippen LogP contribution in [0.2, 0.25) is 0 Å². The second-order valence-corrected chi connectivity index (χ2v) is 6.55. The Morgan fingerprint density at radius 3 is 1.67 bits per heavy atom. The second kappa shape index (κ2) is 9.39. The van der Waals surface area contributed by atoms with Crippen molar-refractivity contribution in [3.05, 3.63) is 24.3 Å². The summed E-state index contributed by atoms with van der Waals surface area (Å²) < 4.78 is 5.57. The minimum atomic E-state index is -0.108. The van der Waals surface area contributed by atoms with E-state index in [-0.39, 0.29) is 12.2 Å². The van der Waals surface area contributed by atoms with Crippen LogP contribution in [-0.4, -0.2) is 35.6 Å². The highest BCUT2D eigenvalue weighted by molar-refractivity contribution is 4.93. The van der Waals surface area contributed by atoms with Crippen molar-refractivity contribution >= 4 is 0 Å². The summed E-state index contributed by atoms with van der Waals surface area (Å²) in [5.74, 6) is 1.05. The summed E-state index contributed by atoms with van der Waals surface area (Å²) in [6.45, 7) is 1.29. The molecule has 120 valence electrons. The van der Waals surface area contributed by atoms with E-state index < -0.39 is 0 Å². The lowest BCUT2D eigenvalue weighted by Crippen LogP contribution is -2.18. The number of aliphatic hydroxyl groups is 2. The van der Waals surface area contributed by atoms with Crippen LogP contribution in [0.15, 0.2) is 24.3 Å². The highest BCUT2D eigenvalue weighted by atomic mass is 16.5. The topological polar surface area (TPSA) is 49.7 Å². The van der Waals surface area contributed by atoms with Gasteiger partial charge in [0.25, 0.3) is 0 Å². The number of hydrogen-bond donors (Lipinski definition) is 2. The molecule has 0 radical (unpaired) electrons. The molecule has 0 aromatic carbocycles. The molecule has 2 rings (SSSR count). The maximum atomic E-state index is 9.60. The molecular formula is C18H30O3. The normalized spacial score (nSPS) is 34.8.